The molecule has 7 heteroatoms. The first-order chi connectivity index (χ1) is 17.1. The molecule has 1 saturated heterocycles. The molecule has 0 bridgehead atoms. The molecule has 182 valence electrons. The summed E-state index contributed by atoms with van der Waals surface area (Å²) in [6.45, 7) is 3.17. The summed E-state index contributed by atoms with van der Waals surface area (Å²) in [6.07, 6.45) is 3.85. The molecule has 1 amide bonds. The predicted octanol–water partition coefficient (Wildman–Crippen LogP) is 6.50. The van der Waals surface area contributed by atoms with Gasteiger partial charge in [0.05, 0.1) is 5.69 Å². The first-order valence-corrected chi connectivity index (χ1v) is 13.2. The number of piperidine rings is 1. The van der Waals surface area contributed by atoms with Crippen molar-refractivity contribution in [3.8, 4) is 11.5 Å². The van der Waals surface area contributed by atoms with E-state index in [4.69, 9.17) is 21.1 Å². The number of halogens is 1. The molecule has 0 unspecified atom stereocenters. The van der Waals surface area contributed by atoms with E-state index < -0.39 is 0 Å². The standard InChI is InChI=1S/C28H29ClN2O3S/c29-22-6-8-23(9-7-22)35-27-4-2-1-3-24(27)30-28(32)13-16-31-14-11-20(12-15-31)17-21-5-10-25-26(18-21)34-19-33-25/h1-10,18,20H,11-17,19H2,(H,30,32). The molecule has 5 rings (SSSR count). The van der Waals surface area contributed by atoms with Crippen molar-refractivity contribution in [2.75, 3.05) is 31.7 Å². The average molecular weight is 509 g/mol. The SMILES string of the molecule is O=C(CCN1CCC(Cc2ccc3c(c2)OCO3)CC1)Nc1ccccc1Sc1ccc(Cl)cc1. The number of anilines is 1. The van der Waals surface area contributed by atoms with Crippen LogP contribution >= 0.6 is 23.4 Å². The summed E-state index contributed by atoms with van der Waals surface area (Å²) < 4.78 is 10.9. The van der Waals surface area contributed by atoms with Gasteiger partial charge in [-0.3, -0.25) is 4.79 Å². The van der Waals surface area contributed by atoms with Gasteiger partial charge in [-0.05, 0) is 92.4 Å². The van der Waals surface area contributed by atoms with Crippen LogP contribution in [0.4, 0.5) is 5.69 Å². The highest BCUT2D eigenvalue weighted by Crippen LogP contribution is 2.35. The minimum atomic E-state index is 0.0524. The molecule has 3 aromatic carbocycles. The minimum Gasteiger partial charge on any atom is -0.454 e. The van der Waals surface area contributed by atoms with Crippen LogP contribution in [0.25, 0.3) is 0 Å². The van der Waals surface area contributed by atoms with Gasteiger partial charge >= 0.3 is 0 Å². The van der Waals surface area contributed by atoms with Crippen LogP contribution in [0.2, 0.25) is 5.02 Å². The van der Waals surface area contributed by atoms with Gasteiger partial charge in [-0.1, -0.05) is 41.6 Å². The molecule has 5 nitrogen and oxygen atoms in total. The van der Waals surface area contributed by atoms with E-state index in [0.29, 0.717) is 24.2 Å². The lowest BCUT2D eigenvalue weighted by molar-refractivity contribution is -0.116. The normalized spacial score (nSPS) is 15.8. The van der Waals surface area contributed by atoms with Crippen molar-refractivity contribution in [2.45, 2.75) is 35.5 Å². The van der Waals surface area contributed by atoms with Gasteiger partial charge in [0.1, 0.15) is 0 Å². The molecule has 1 N–H and O–H groups in total. The fourth-order valence-corrected chi connectivity index (χ4v) is 5.60. The number of hydrogen-bond acceptors (Lipinski definition) is 5. The average Bonchev–Trinajstić information content (AvgIpc) is 3.34. The lowest BCUT2D eigenvalue weighted by Gasteiger charge is -2.31. The van der Waals surface area contributed by atoms with Crippen molar-refractivity contribution in [3.05, 3.63) is 77.3 Å². The van der Waals surface area contributed by atoms with E-state index in [1.165, 1.54) is 5.56 Å². The van der Waals surface area contributed by atoms with Crippen molar-refractivity contribution < 1.29 is 14.3 Å². The van der Waals surface area contributed by atoms with E-state index in [1.807, 2.05) is 54.6 Å². The number of rotatable bonds is 8. The molecule has 0 aromatic heterocycles. The molecule has 0 atom stereocenters. The number of benzene rings is 3. The summed E-state index contributed by atoms with van der Waals surface area (Å²) in [4.78, 5) is 17.2. The molecule has 1 fully saturated rings. The van der Waals surface area contributed by atoms with Crippen molar-refractivity contribution in [2.24, 2.45) is 5.92 Å². The van der Waals surface area contributed by atoms with Gasteiger partial charge in [0.15, 0.2) is 11.5 Å². The Balaban J connectivity index is 1.07. The monoisotopic (exact) mass is 508 g/mol. The lowest BCUT2D eigenvalue weighted by atomic mass is 9.90. The van der Waals surface area contributed by atoms with Crippen LogP contribution in [0.1, 0.15) is 24.8 Å². The first kappa shape index (κ1) is 24.0. The zero-order valence-corrected chi connectivity index (χ0v) is 21.1. The Morgan fingerprint density at radius 2 is 1.77 bits per heavy atom. The van der Waals surface area contributed by atoms with Gasteiger partial charge in [0.25, 0.3) is 0 Å². The Morgan fingerprint density at radius 1 is 1.00 bits per heavy atom. The number of hydrogen-bond donors (Lipinski definition) is 1. The van der Waals surface area contributed by atoms with E-state index in [0.717, 1.165) is 65.9 Å². The highest BCUT2D eigenvalue weighted by Gasteiger charge is 2.21. The topological polar surface area (TPSA) is 50.8 Å². The van der Waals surface area contributed by atoms with E-state index in [2.05, 4.69) is 22.3 Å². The second-order valence-electron chi connectivity index (χ2n) is 9.03. The fraction of sp³-hybridized carbons (Fsp3) is 0.321. The Bertz CT molecular complexity index is 1160. The summed E-state index contributed by atoms with van der Waals surface area (Å²) in [5, 5.41) is 3.82. The Hall–Kier alpha value is -2.67. The number of likely N-dealkylation sites (tertiary alicyclic amines) is 1. The number of carbonyl (C=O) groups is 1. The molecule has 0 radical (unpaired) electrons. The maximum Gasteiger partial charge on any atom is 0.231 e. The molecule has 0 saturated carbocycles. The number of amides is 1. The van der Waals surface area contributed by atoms with Crippen LogP contribution in [0.5, 0.6) is 11.5 Å². The van der Waals surface area contributed by atoms with E-state index >= 15 is 0 Å². The number of nitrogens with zero attached hydrogens (tertiary/aromatic N) is 1. The van der Waals surface area contributed by atoms with Crippen LogP contribution in [-0.2, 0) is 11.2 Å². The maximum atomic E-state index is 12.7. The second-order valence-corrected chi connectivity index (χ2v) is 10.6. The highest BCUT2D eigenvalue weighted by atomic mass is 35.5. The third-order valence-corrected chi connectivity index (χ3v) is 7.86. The molecule has 2 aliphatic rings. The van der Waals surface area contributed by atoms with Crippen molar-refractivity contribution in [1.29, 1.82) is 0 Å². The molecule has 2 aliphatic heterocycles. The Labute approximate surface area is 215 Å². The van der Waals surface area contributed by atoms with Gasteiger partial charge in [-0.2, -0.15) is 0 Å². The molecule has 3 aromatic rings. The smallest absolute Gasteiger partial charge is 0.231 e. The minimum absolute atomic E-state index is 0.0524. The van der Waals surface area contributed by atoms with Crippen LogP contribution in [-0.4, -0.2) is 37.2 Å². The predicted molar refractivity (Wildman–Crippen MR) is 141 cm³/mol. The molecular formula is C28H29ClN2O3S. The van der Waals surface area contributed by atoms with Crippen LogP contribution in [0.3, 0.4) is 0 Å². The van der Waals surface area contributed by atoms with Crippen molar-refractivity contribution >= 4 is 35.0 Å². The number of fused-ring (bicyclic) bond motifs is 1. The molecule has 35 heavy (non-hydrogen) atoms. The molecule has 0 spiro atoms. The summed E-state index contributed by atoms with van der Waals surface area (Å²) in [5.41, 5.74) is 2.15. The second kappa shape index (κ2) is 11.4. The third kappa shape index (κ3) is 6.51. The van der Waals surface area contributed by atoms with Crippen molar-refractivity contribution in [1.82, 2.24) is 4.90 Å². The van der Waals surface area contributed by atoms with Gasteiger partial charge < -0.3 is 19.7 Å². The van der Waals surface area contributed by atoms with E-state index in [9.17, 15) is 4.79 Å². The number of ether oxygens (including phenoxy) is 2. The Morgan fingerprint density at radius 3 is 2.60 bits per heavy atom. The van der Waals surface area contributed by atoms with E-state index in [1.54, 1.807) is 11.8 Å². The quantitative estimate of drug-likeness (QED) is 0.376. The van der Waals surface area contributed by atoms with Gasteiger partial charge in [0.2, 0.25) is 12.7 Å². The number of nitrogens with one attached hydrogen (secondary N) is 1. The lowest BCUT2D eigenvalue weighted by Crippen LogP contribution is -2.36. The number of para-hydroxylation sites is 1. The highest BCUT2D eigenvalue weighted by molar-refractivity contribution is 7.99. The van der Waals surface area contributed by atoms with Gasteiger partial charge in [0, 0.05) is 27.8 Å². The van der Waals surface area contributed by atoms with Crippen molar-refractivity contribution in [3.63, 3.8) is 0 Å². The van der Waals surface area contributed by atoms with Crippen LogP contribution in [0.15, 0.2) is 76.5 Å². The molecular weight excluding hydrogens is 480 g/mol. The van der Waals surface area contributed by atoms with Crippen LogP contribution < -0.4 is 14.8 Å². The largest absolute Gasteiger partial charge is 0.454 e. The van der Waals surface area contributed by atoms with Gasteiger partial charge in [-0.25, -0.2) is 0 Å². The summed E-state index contributed by atoms with van der Waals surface area (Å²) in [7, 11) is 0. The van der Waals surface area contributed by atoms with E-state index in [-0.39, 0.29) is 5.91 Å². The summed E-state index contributed by atoms with van der Waals surface area (Å²) in [5.74, 6) is 2.42. The molecule has 2 heterocycles. The zero-order valence-electron chi connectivity index (χ0n) is 19.5. The fourth-order valence-electron chi connectivity index (χ4n) is 4.58. The molecule has 0 aliphatic carbocycles. The summed E-state index contributed by atoms with van der Waals surface area (Å²) in [6, 6.07) is 21.9. The Kier molecular flexibility index (Phi) is 7.82. The third-order valence-electron chi connectivity index (χ3n) is 6.53. The first-order valence-electron chi connectivity index (χ1n) is 12.1. The summed E-state index contributed by atoms with van der Waals surface area (Å²) >= 11 is 7.62. The van der Waals surface area contributed by atoms with Crippen LogP contribution in [0, 0.1) is 5.92 Å². The number of carbonyl (C=O) groups excluding carboxylic acids is 1. The zero-order chi connectivity index (χ0) is 24.0. The maximum absolute atomic E-state index is 12.7. The van der Waals surface area contributed by atoms with Gasteiger partial charge in [-0.15, -0.1) is 0 Å².